The Morgan fingerprint density at radius 2 is 2.10 bits per heavy atom. The molecule has 0 N–H and O–H groups in total. The molecule has 0 radical (unpaired) electrons. The molecule has 20 heavy (non-hydrogen) atoms. The molecule has 0 spiro atoms. The molecule has 2 rings (SSSR count). The van der Waals surface area contributed by atoms with Gasteiger partial charge in [-0.2, -0.15) is 5.10 Å². The van der Waals surface area contributed by atoms with E-state index in [1.165, 1.54) is 14.2 Å². The maximum absolute atomic E-state index is 12.3. The van der Waals surface area contributed by atoms with E-state index >= 15 is 0 Å². The average molecular weight is 295 g/mol. The van der Waals surface area contributed by atoms with Crippen LogP contribution >= 0.6 is 11.6 Å². The van der Waals surface area contributed by atoms with Crippen molar-refractivity contribution in [3.05, 3.63) is 40.7 Å². The molecule has 1 aromatic heterocycles. The molecule has 0 atom stereocenters. The molecule has 0 aliphatic heterocycles. The molecule has 1 heterocycles. The van der Waals surface area contributed by atoms with Crippen LogP contribution in [0.4, 0.5) is 0 Å². The molecule has 0 aliphatic rings. The predicted molar refractivity (Wildman–Crippen MR) is 75.8 cm³/mol. The second kappa shape index (κ2) is 5.96. The summed E-state index contributed by atoms with van der Waals surface area (Å²) in [5.41, 5.74) is 1.33. The number of hydrogen-bond donors (Lipinski definition) is 0. The Kier molecular flexibility index (Phi) is 4.29. The van der Waals surface area contributed by atoms with Gasteiger partial charge in [-0.05, 0) is 17.7 Å². The number of Topliss-reactive ketones (excluding diaryl/α,β-unsaturated/α-hetero) is 1. The van der Waals surface area contributed by atoms with Gasteiger partial charge < -0.3 is 9.47 Å². The first-order valence-corrected chi connectivity index (χ1v) is 6.35. The van der Waals surface area contributed by atoms with E-state index in [4.69, 9.17) is 21.1 Å². The van der Waals surface area contributed by atoms with E-state index in [9.17, 15) is 4.79 Å². The number of ketones is 1. The van der Waals surface area contributed by atoms with Crippen LogP contribution in [0, 0.1) is 0 Å². The predicted octanol–water partition coefficient (Wildman–Crippen LogP) is 2.52. The fourth-order valence-corrected chi connectivity index (χ4v) is 2.22. The molecule has 0 saturated carbocycles. The van der Waals surface area contributed by atoms with Gasteiger partial charge in [0.15, 0.2) is 17.3 Å². The molecule has 0 fully saturated rings. The Hall–Kier alpha value is -2.01. The smallest absolute Gasteiger partial charge is 0.179 e. The van der Waals surface area contributed by atoms with Crippen LogP contribution in [0.2, 0.25) is 5.02 Å². The van der Waals surface area contributed by atoms with Gasteiger partial charge in [0, 0.05) is 25.2 Å². The van der Waals surface area contributed by atoms with Gasteiger partial charge in [-0.1, -0.05) is 11.6 Å². The summed E-state index contributed by atoms with van der Waals surface area (Å²) < 4.78 is 12.0. The van der Waals surface area contributed by atoms with E-state index in [0.29, 0.717) is 22.1 Å². The number of methoxy groups -OCH3 is 2. The molecular weight excluding hydrogens is 280 g/mol. The summed E-state index contributed by atoms with van der Waals surface area (Å²) in [5, 5.41) is 4.38. The Morgan fingerprint density at radius 1 is 1.35 bits per heavy atom. The number of benzene rings is 1. The fraction of sp³-hybridized carbons (Fsp3) is 0.286. The summed E-state index contributed by atoms with van der Waals surface area (Å²) in [7, 11) is 4.81. The highest BCUT2D eigenvalue weighted by atomic mass is 35.5. The lowest BCUT2D eigenvalue weighted by atomic mass is 10.0. The molecular formula is C14H15ClN2O3. The van der Waals surface area contributed by atoms with Crippen LogP contribution in [0.3, 0.4) is 0 Å². The molecule has 0 unspecified atom stereocenters. The van der Waals surface area contributed by atoms with Crippen LogP contribution in [-0.4, -0.2) is 29.8 Å². The van der Waals surface area contributed by atoms with Gasteiger partial charge in [0.05, 0.1) is 25.4 Å². The molecule has 106 valence electrons. The van der Waals surface area contributed by atoms with Crippen molar-refractivity contribution in [3.8, 4) is 11.5 Å². The largest absolute Gasteiger partial charge is 0.493 e. The number of nitrogens with zero attached hydrogens (tertiary/aromatic N) is 2. The van der Waals surface area contributed by atoms with Crippen molar-refractivity contribution in [2.24, 2.45) is 7.05 Å². The summed E-state index contributed by atoms with van der Waals surface area (Å²) in [4.78, 5) is 12.3. The average Bonchev–Trinajstić information content (AvgIpc) is 2.82. The van der Waals surface area contributed by atoms with Crippen LogP contribution in [0.15, 0.2) is 24.5 Å². The number of aromatic nitrogens is 2. The summed E-state index contributed by atoms with van der Waals surface area (Å²) in [6.07, 6.45) is 3.74. The molecule has 1 aromatic carbocycles. The highest BCUT2D eigenvalue weighted by Crippen LogP contribution is 2.36. The quantitative estimate of drug-likeness (QED) is 0.795. The minimum Gasteiger partial charge on any atom is -0.493 e. The van der Waals surface area contributed by atoms with Gasteiger partial charge in [0.2, 0.25) is 0 Å². The molecule has 0 bridgehead atoms. The topological polar surface area (TPSA) is 53.3 Å². The second-order valence-corrected chi connectivity index (χ2v) is 4.72. The first kappa shape index (κ1) is 14.4. The molecule has 6 heteroatoms. The van der Waals surface area contributed by atoms with Gasteiger partial charge in [-0.3, -0.25) is 9.48 Å². The van der Waals surface area contributed by atoms with Gasteiger partial charge in [0.1, 0.15) is 0 Å². The number of ether oxygens (including phenoxy) is 2. The third-order valence-electron chi connectivity index (χ3n) is 2.88. The van der Waals surface area contributed by atoms with Crippen LogP contribution in [-0.2, 0) is 13.5 Å². The van der Waals surface area contributed by atoms with Gasteiger partial charge in [-0.15, -0.1) is 0 Å². The fourth-order valence-electron chi connectivity index (χ4n) is 1.93. The van der Waals surface area contributed by atoms with E-state index in [0.717, 1.165) is 5.56 Å². The lowest BCUT2D eigenvalue weighted by Gasteiger charge is -2.11. The number of aryl methyl sites for hydroxylation is 1. The van der Waals surface area contributed by atoms with Crippen LogP contribution in [0.1, 0.15) is 15.9 Å². The van der Waals surface area contributed by atoms with E-state index in [-0.39, 0.29) is 12.2 Å². The SMILES string of the molecule is COc1cc(C(=O)Cc2cnn(C)c2)cc(Cl)c1OC. The van der Waals surface area contributed by atoms with Crippen LogP contribution in [0.5, 0.6) is 11.5 Å². The van der Waals surface area contributed by atoms with Gasteiger partial charge in [-0.25, -0.2) is 0 Å². The highest BCUT2D eigenvalue weighted by molar-refractivity contribution is 6.32. The van der Waals surface area contributed by atoms with Crippen molar-refractivity contribution in [2.75, 3.05) is 14.2 Å². The van der Waals surface area contributed by atoms with Gasteiger partial charge in [0.25, 0.3) is 0 Å². The van der Waals surface area contributed by atoms with E-state index in [1.54, 1.807) is 36.3 Å². The Morgan fingerprint density at radius 3 is 2.65 bits per heavy atom. The zero-order valence-electron chi connectivity index (χ0n) is 11.5. The lowest BCUT2D eigenvalue weighted by molar-refractivity contribution is 0.0992. The first-order chi connectivity index (χ1) is 9.55. The van der Waals surface area contributed by atoms with Crippen molar-refractivity contribution >= 4 is 17.4 Å². The normalized spacial score (nSPS) is 10.4. The molecule has 5 nitrogen and oxygen atoms in total. The number of halogens is 1. The Bertz CT molecular complexity index is 637. The monoisotopic (exact) mass is 294 g/mol. The summed E-state index contributed by atoms with van der Waals surface area (Å²) in [6.45, 7) is 0. The summed E-state index contributed by atoms with van der Waals surface area (Å²) >= 11 is 6.09. The standard InChI is InChI=1S/C14H15ClN2O3/c1-17-8-9(7-16-17)4-12(18)10-5-11(15)14(20-3)13(6-10)19-2/h5-8H,4H2,1-3H3. The third kappa shape index (κ3) is 2.93. The van der Waals surface area contributed by atoms with Crippen molar-refractivity contribution in [1.82, 2.24) is 9.78 Å². The molecule has 0 aliphatic carbocycles. The highest BCUT2D eigenvalue weighted by Gasteiger charge is 2.16. The maximum atomic E-state index is 12.3. The number of hydrogen-bond acceptors (Lipinski definition) is 4. The molecule has 2 aromatic rings. The van der Waals surface area contributed by atoms with E-state index in [2.05, 4.69) is 5.10 Å². The first-order valence-electron chi connectivity index (χ1n) is 5.97. The van der Waals surface area contributed by atoms with E-state index < -0.39 is 0 Å². The number of carbonyl (C=O) groups excluding carboxylic acids is 1. The minimum absolute atomic E-state index is 0.0548. The minimum atomic E-state index is -0.0548. The summed E-state index contributed by atoms with van der Waals surface area (Å²) in [6, 6.07) is 3.21. The van der Waals surface area contributed by atoms with Crippen molar-refractivity contribution in [2.45, 2.75) is 6.42 Å². The zero-order chi connectivity index (χ0) is 14.7. The van der Waals surface area contributed by atoms with E-state index in [1.807, 2.05) is 0 Å². The van der Waals surface area contributed by atoms with Crippen LogP contribution in [0.25, 0.3) is 0 Å². The van der Waals surface area contributed by atoms with Crippen molar-refractivity contribution in [3.63, 3.8) is 0 Å². The maximum Gasteiger partial charge on any atom is 0.179 e. The van der Waals surface area contributed by atoms with Crippen molar-refractivity contribution in [1.29, 1.82) is 0 Å². The third-order valence-corrected chi connectivity index (χ3v) is 3.16. The Balaban J connectivity index is 2.28. The molecule has 0 saturated heterocycles. The summed E-state index contributed by atoms with van der Waals surface area (Å²) in [5.74, 6) is 0.808. The Labute approximate surface area is 122 Å². The second-order valence-electron chi connectivity index (χ2n) is 4.32. The zero-order valence-corrected chi connectivity index (χ0v) is 12.3. The van der Waals surface area contributed by atoms with Gasteiger partial charge >= 0.3 is 0 Å². The molecule has 0 amide bonds. The van der Waals surface area contributed by atoms with Crippen LogP contribution < -0.4 is 9.47 Å². The number of carbonyl (C=O) groups is 1. The van der Waals surface area contributed by atoms with Crippen molar-refractivity contribution < 1.29 is 14.3 Å². The lowest BCUT2D eigenvalue weighted by Crippen LogP contribution is -2.04. The number of rotatable bonds is 5.